The number of aromatic nitrogens is 5. The minimum absolute atomic E-state index is 0.0262. The summed E-state index contributed by atoms with van der Waals surface area (Å²) in [5.74, 6) is -0.0387. The quantitative estimate of drug-likeness (QED) is 0.622. The number of halogens is 2. The molecule has 1 aromatic carbocycles. The fourth-order valence-electron chi connectivity index (χ4n) is 4.54. The Balaban J connectivity index is 1.32. The first-order valence-corrected chi connectivity index (χ1v) is 10.5. The number of likely N-dealkylation sites (tertiary alicyclic amines) is 1. The highest BCUT2D eigenvalue weighted by molar-refractivity contribution is 5.98. The van der Waals surface area contributed by atoms with Gasteiger partial charge in [-0.05, 0) is 32.0 Å². The average Bonchev–Trinajstić information content (AvgIpc) is 3.49. The second kappa shape index (κ2) is 7.61. The van der Waals surface area contributed by atoms with E-state index in [1.54, 1.807) is 23.2 Å². The molecule has 2 aliphatic rings. The SMILES string of the molecule is CC(C)(F)c1ccnc(N2C[C@H]3CN(C(=O)c4c(F)cccc4-n4nccn4)C[C@H]3C2)n1. The van der Waals surface area contributed by atoms with Crippen LogP contribution in [0, 0.1) is 17.7 Å². The summed E-state index contributed by atoms with van der Waals surface area (Å²) in [6, 6.07) is 6.02. The minimum Gasteiger partial charge on any atom is -0.340 e. The van der Waals surface area contributed by atoms with E-state index >= 15 is 0 Å². The largest absolute Gasteiger partial charge is 0.340 e. The molecular formula is C22H23F2N7O. The summed E-state index contributed by atoms with van der Waals surface area (Å²) >= 11 is 0. The van der Waals surface area contributed by atoms with Crippen molar-refractivity contribution >= 4 is 11.9 Å². The van der Waals surface area contributed by atoms with Gasteiger partial charge in [-0.15, -0.1) is 0 Å². The molecule has 3 aromatic rings. The van der Waals surface area contributed by atoms with E-state index in [1.807, 2.05) is 4.90 Å². The number of hydrogen-bond acceptors (Lipinski definition) is 6. The zero-order valence-electron chi connectivity index (χ0n) is 17.8. The van der Waals surface area contributed by atoms with E-state index in [-0.39, 0.29) is 23.3 Å². The van der Waals surface area contributed by atoms with Crippen LogP contribution in [0.25, 0.3) is 5.69 Å². The molecule has 0 aliphatic carbocycles. The van der Waals surface area contributed by atoms with E-state index in [1.165, 1.54) is 43.2 Å². The monoisotopic (exact) mass is 439 g/mol. The lowest BCUT2D eigenvalue weighted by molar-refractivity contribution is 0.0777. The third kappa shape index (κ3) is 3.59. The summed E-state index contributed by atoms with van der Waals surface area (Å²) < 4.78 is 29.0. The van der Waals surface area contributed by atoms with Crippen LogP contribution < -0.4 is 4.90 Å². The van der Waals surface area contributed by atoms with Crippen LogP contribution in [0.15, 0.2) is 42.9 Å². The van der Waals surface area contributed by atoms with Crippen molar-refractivity contribution in [1.82, 2.24) is 29.9 Å². The average molecular weight is 439 g/mol. The van der Waals surface area contributed by atoms with Crippen LogP contribution in [0.4, 0.5) is 14.7 Å². The van der Waals surface area contributed by atoms with Crippen molar-refractivity contribution in [2.45, 2.75) is 19.5 Å². The maximum absolute atomic E-state index is 14.7. The number of carbonyl (C=O) groups is 1. The fourth-order valence-corrected chi connectivity index (χ4v) is 4.54. The Labute approximate surface area is 183 Å². The number of nitrogens with zero attached hydrogens (tertiary/aromatic N) is 7. The molecule has 32 heavy (non-hydrogen) atoms. The van der Waals surface area contributed by atoms with Crippen molar-refractivity contribution in [2.75, 3.05) is 31.1 Å². The lowest BCUT2D eigenvalue weighted by Gasteiger charge is -2.23. The van der Waals surface area contributed by atoms with Gasteiger partial charge in [0.25, 0.3) is 5.91 Å². The first-order chi connectivity index (χ1) is 15.3. The Hall–Kier alpha value is -3.43. The van der Waals surface area contributed by atoms with Gasteiger partial charge in [0.2, 0.25) is 5.95 Å². The number of benzene rings is 1. The highest BCUT2D eigenvalue weighted by Crippen LogP contribution is 2.35. The molecule has 2 atom stereocenters. The maximum Gasteiger partial charge on any atom is 0.259 e. The zero-order chi connectivity index (χ0) is 22.5. The van der Waals surface area contributed by atoms with E-state index in [9.17, 15) is 13.6 Å². The summed E-state index contributed by atoms with van der Waals surface area (Å²) in [7, 11) is 0. The van der Waals surface area contributed by atoms with Crippen LogP contribution in [0.1, 0.15) is 29.9 Å². The maximum atomic E-state index is 14.7. The molecule has 4 heterocycles. The van der Waals surface area contributed by atoms with E-state index in [0.29, 0.717) is 43.5 Å². The number of hydrogen-bond donors (Lipinski definition) is 0. The Morgan fingerprint density at radius 3 is 2.38 bits per heavy atom. The molecule has 1 amide bonds. The molecule has 0 saturated carbocycles. The van der Waals surface area contributed by atoms with Crippen LogP contribution in [-0.2, 0) is 5.67 Å². The van der Waals surface area contributed by atoms with Crippen LogP contribution in [0.3, 0.4) is 0 Å². The van der Waals surface area contributed by atoms with Crippen LogP contribution in [0.2, 0.25) is 0 Å². The van der Waals surface area contributed by atoms with Gasteiger partial charge in [-0.3, -0.25) is 4.79 Å². The molecule has 0 unspecified atom stereocenters. The first kappa shape index (κ1) is 20.5. The second-order valence-electron chi connectivity index (χ2n) is 8.80. The van der Waals surface area contributed by atoms with Gasteiger partial charge in [-0.25, -0.2) is 18.7 Å². The Kier molecular flexibility index (Phi) is 4.87. The van der Waals surface area contributed by atoms with E-state index in [4.69, 9.17) is 0 Å². The van der Waals surface area contributed by atoms with Gasteiger partial charge in [0, 0.05) is 44.2 Å². The third-order valence-corrected chi connectivity index (χ3v) is 6.15. The van der Waals surface area contributed by atoms with Gasteiger partial charge in [-0.2, -0.15) is 15.0 Å². The molecule has 0 N–H and O–H groups in total. The van der Waals surface area contributed by atoms with E-state index in [0.717, 1.165) is 0 Å². The topological polar surface area (TPSA) is 80.0 Å². The molecular weight excluding hydrogens is 416 g/mol. The molecule has 10 heteroatoms. The smallest absolute Gasteiger partial charge is 0.259 e. The molecule has 2 fully saturated rings. The second-order valence-corrected chi connectivity index (χ2v) is 8.80. The Morgan fingerprint density at radius 2 is 1.72 bits per heavy atom. The number of alkyl halides is 1. The summed E-state index contributed by atoms with van der Waals surface area (Å²) in [4.78, 5) is 27.0. The molecule has 5 rings (SSSR count). The van der Waals surface area contributed by atoms with Crippen molar-refractivity contribution in [2.24, 2.45) is 11.8 Å². The molecule has 2 aromatic heterocycles. The summed E-state index contributed by atoms with van der Waals surface area (Å²) in [6.45, 7) is 5.28. The summed E-state index contributed by atoms with van der Waals surface area (Å²) in [5, 5.41) is 8.09. The van der Waals surface area contributed by atoms with Crippen molar-refractivity contribution in [3.63, 3.8) is 0 Å². The van der Waals surface area contributed by atoms with Crippen molar-refractivity contribution in [3.8, 4) is 5.69 Å². The Morgan fingerprint density at radius 1 is 1.03 bits per heavy atom. The standard InChI is InChI=1S/C22H23F2N7O/c1-22(2,24)18-6-7-25-21(28-18)30-12-14-10-29(11-15(14)13-30)20(32)19-16(23)4-3-5-17(19)31-26-8-9-27-31/h3-9,14-15H,10-13H2,1-2H3/t14-,15+. The Bertz CT molecular complexity index is 1130. The molecule has 2 saturated heterocycles. The van der Waals surface area contributed by atoms with Crippen LogP contribution in [-0.4, -0.2) is 61.9 Å². The van der Waals surface area contributed by atoms with Crippen LogP contribution in [0.5, 0.6) is 0 Å². The minimum atomic E-state index is -1.54. The molecule has 2 aliphatic heterocycles. The normalized spacial score (nSPS) is 20.6. The molecule has 0 radical (unpaired) electrons. The van der Waals surface area contributed by atoms with Gasteiger partial charge in [0.15, 0.2) is 0 Å². The lowest BCUT2D eigenvalue weighted by atomic mass is 10.0. The number of rotatable bonds is 4. The van der Waals surface area contributed by atoms with Gasteiger partial charge in [0.05, 0.1) is 18.1 Å². The van der Waals surface area contributed by atoms with Crippen molar-refractivity contribution in [3.05, 3.63) is 59.9 Å². The predicted octanol–water partition coefficient (Wildman–Crippen LogP) is 2.61. The number of anilines is 1. The molecule has 166 valence electrons. The van der Waals surface area contributed by atoms with Gasteiger partial charge < -0.3 is 9.80 Å². The highest BCUT2D eigenvalue weighted by atomic mass is 19.1. The highest BCUT2D eigenvalue weighted by Gasteiger charge is 2.43. The van der Waals surface area contributed by atoms with E-state index < -0.39 is 11.5 Å². The van der Waals surface area contributed by atoms with E-state index in [2.05, 4.69) is 20.2 Å². The number of carbonyl (C=O) groups excluding carboxylic acids is 1. The zero-order valence-corrected chi connectivity index (χ0v) is 17.8. The summed E-state index contributed by atoms with van der Waals surface area (Å²) in [5.41, 5.74) is -0.910. The van der Waals surface area contributed by atoms with Crippen LogP contribution >= 0.6 is 0 Å². The predicted molar refractivity (Wildman–Crippen MR) is 113 cm³/mol. The third-order valence-electron chi connectivity index (χ3n) is 6.15. The fraction of sp³-hybridized carbons (Fsp3) is 0.409. The molecule has 8 nitrogen and oxygen atoms in total. The summed E-state index contributed by atoms with van der Waals surface area (Å²) in [6.07, 6.45) is 4.54. The lowest BCUT2D eigenvalue weighted by Crippen LogP contribution is -2.35. The van der Waals surface area contributed by atoms with Gasteiger partial charge in [0.1, 0.15) is 22.7 Å². The van der Waals surface area contributed by atoms with Gasteiger partial charge in [-0.1, -0.05) is 6.07 Å². The number of amides is 1. The van der Waals surface area contributed by atoms with Crippen molar-refractivity contribution in [1.29, 1.82) is 0 Å². The first-order valence-electron chi connectivity index (χ1n) is 10.5. The van der Waals surface area contributed by atoms with Crippen molar-refractivity contribution < 1.29 is 13.6 Å². The van der Waals surface area contributed by atoms with Gasteiger partial charge >= 0.3 is 0 Å². The number of fused-ring (bicyclic) bond motifs is 1. The molecule has 0 spiro atoms. The molecule has 0 bridgehead atoms.